The molecule has 2 rings (SSSR count). The Kier molecular flexibility index (Phi) is 4.44. The van der Waals surface area contributed by atoms with E-state index in [0.717, 1.165) is 18.3 Å². The molecule has 0 aliphatic heterocycles. The van der Waals surface area contributed by atoms with Crippen LogP contribution in [0, 0.1) is 12.8 Å². The minimum absolute atomic E-state index is 0.204. The van der Waals surface area contributed by atoms with E-state index in [1.807, 2.05) is 4.57 Å². The zero-order valence-corrected chi connectivity index (χ0v) is 12.7. The molecule has 0 saturated carbocycles. The van der Waals surface area contributed by atoms with Crippen LogP contribution in [-0.2, 0) is 19.3 Å². The number of nitrogens with zero attached hydrogens (tertiary/aromatic N) is 3. The topological polar surface area (TPSA) is 39.8 Å². The van der Waals surface area contributed by atoms with Gasteiger partial charge >= 0.3 is 6.18 Å². The lowest BCUT2D eigenvalue weighted by molar-refractivity contribution is -0.137. The molecular formula is C15H18F3N3O. The van der Waals surface area contributed by atoms with Gasteiger partial charge in [0.2, 0.25) is 0 Å². The summed E-state index contributed by atoms with van der Waals surface area (Å²) in [5.41, 5.74) is -0.512. The average molecular weight is 313 g/mol. The summed E-state index contributed by atoms with van der Waals surface area (Å²) in [6.45, 7) is 6.55. The number of hydrogen-bond donors (Lipinski definition) is 0. The molecule has 4 nitrogen and oxygen atoms in total. The van der Waals surface area contributed by atoms with E-state index >= 15 is 0 Å². The van der Waals surface area contributed by atoms with Gasteiger partial charge in [0.25, 0.3) is 5.56 Å². The lowest BCUT2D eigenvalue weighted by Gasteiger charge is -2.15. The van der Waals surface area contributed by atoms with Crippen molar-refractivity contribution >= 4 is 0 Å². The predicted octanol–water partition coefficient (Wildman–Crippen LogP) is 3.08. The second kappa shape index (κ2) is 5.98. The van der Waals surface area contributed by atoms with Crippen molar-refractivity contribution in [3.63, 3.8) is 0 Å². The number of aryl methyl sites for hydroxylation is 1. The lowest BCUT2D eigenvalue weighted by atomic mass is 10.2. The molecule has 7 heteroatoms. The summed E-state index contributed by atoms with van der Waals surface area (Å²) in [7, 11) is 0. The van der Waals surface area contributed by atoms with Gasteiger partial charge in [-0.3, -0.25) is 4.79 Å². The highest BCUT2D eigenvalue weighted by Gasteiger charge is 2.31. The van der Waals surface area contributed by atoms with E-state index in [1.54, 1.807) is 12.5 Å². The standard InChI is InChI=1S/C15H18F3N3O/c1-10(2)7-20-9-19-6-13(20)8-21-11(3)4-12(5-14(21)22)15(16,17)18/h4-6,9-10H,7-8H2,1-3H3. The quantitative estimate of drug-likeness (QED) is 0.870. The van der Waals surface area contributed by atoms with Crippen molar-refractivity contribution in [2.24, 2.45) is 5.92 Å². The van der Waals surface area contributed by atoms with Gasteiger partial charge in [-0.2, -0.15) is 13.2 Å². The Hall–Kier alpha value is -2.05. The fourth-order valence-corrected chi connectivity index (χ4v) is 2.30. The summed E-state index contributed by atoms with van der Waals surface area (Å²) in [6, 6.07) is 1.63. The van der Waals surface area contributed by atoms with Gasteiger partial charge in [-0.15, -0.1) is 0 Å². The molecule has 120 valence electrons. The maximum Gasteiger partial charge on any atom is 0.416 e. The second-order valence-electron chi connectivity index (χ2n) is 5.74. The van der Waals surface area contributed by atoms with Crippen molar-refractivity contribution < 1.29 is 13.2 Å². The van der Waals surface area contributed by atoms with Gasteiger partial charge in [-0.1, -0.05) is 13.8 Å². The van der Waals surface area contributed by atoms with Crippen LogP contribution < -0.4 is 5.56 Å². The Morgan fingerprint density at radius 1 is 1.27 bits per heavy atom. The van der Waals surface area contributed by atoms with Crippen LogP contribution in [0.4, 0.5) is 13.2 Å². The monoisotopic (exact) mass is 313 g/mol. The Bertz CT molecular complexity index is 714. The Morgan fingerprint density at radius 2 is 1.95 bits per heavy atom. The molecule has 0 unspecified atom stereocenters. The fourth-order valence-electron chi connectivity index (χ4n) is 2.30. The molecule has 0 aliphatic rings. The van der Waals surface area contributed by atoms with Gasteiger partial charge < -0.3 is 9.13 Å². The molecule has 0 radical (unpaired) electrons. The van der Waals surface area contributed by atoms with Crippen LogP contribution in [0.3, 0.4) is 0 Å². The van der Waals surface area contributed by atoms with Crippen LogP contribution >= 0.6 is 0 Å². The largest absolute Gasteiger partial charge is 0.416 e. The molecule has 2 heterocycles. The van der Waals surface area contributed by atoms with E-state index < -0.39 is 17.3 Å². The van der Waals surface area contributed by atoms with Crippen LogP contribution in [0.25, 0.3) is 0 Å². The number of halogens is 3. The van der Waals surface area contributed by atoms with Gasteiger partial charge in [0, 0.05) is 24.5 Å². The van der Waals surface area contributed by atoms with Crippen LogP contribution in [0.5, 0.6) is 0 Å². The zero-order valence-electron chi connectivity index (χ0n) is 12.7. The van der Waals surface area contributed by atoms with E-state index in [2.05, 4.69) is 18.8 Å². The summed E-state index contributed by atoms with van der Waals surface area (Å²) in [6.07, 6.45) is -1.21. The van der Waals surface area contributed by atoms with Crippen LogP contribution in [-0.4, -0.2) is 14.1 Å². The number of rotatable bonds is 4. The summed E-state index contributed by atoms with van der Waals surface area (Å²) in [5.74, 6) is 0.401. The molecule has 0 aliphatic carbocycles. The first-order valence-corrected chi connectivity index (χ1v) is 6.96. The first-order chi connectivity index (χ1) is 10.2. The van der Waals surface area contributed by atoms with Crippen molar-refractivity contribution in [1.82, 2.24) is 14.1 Å². The van der Waals surface area contributed by atoms with Crippen molar-refractivity contribution in [3.8, 4) is 0 Å². The molecule has 0 atom stereocenters. The number of pyridine rings is 1. The van der Waals surface area contributed by atoms with Gasteiger partial charge in [0.1, 0.15) is 0 Å². The van der Waals surface area contributed by atoms with Gasteiger partial charge in [0.05, 0.1) is 24.1 Å². The predicted molar refractivity (Wildman–Crippen MR) is 76.6 cm³/mol. The summed E-state index contributed by atoms with van der Waals surface area (Å²) < 4.78 is 41.3. The second-order valence-corrected chi connectivity index (χ2v) is 5.74. The third-order valence-electron chi connectivity index (χ3n) is 3.34. The first kappa shape index (κ1) is 16.3. The number of hydrogen-bond acceptors (Lipinski definition) is 2. The number of alkyl halides is 3. The highest BCUT2D eigenvalue weighted by atomic mass is 19.4. The molecule has 0 saturated heterocycles. The maximum absolute atomic E-state index is 12.7. The van der Waals surface area contributed by atoms with E-state index in [1.165, 1.54) is 11.5 Å². The molecule has 0 N–H and O–H groups in total. The number of imidazole rings is 1. The van der Waals surface area contributed by atoms with Gasteiger partial charge in [-0.25, -0.2) is 4.98 Å². The molecule has 0 aromatic carbocycles. The fraction of sp³-hybridized carbons (Fsp3) is 0.467. The van der Waals surface area contributed by atoms with Crippen LogP contribution in [0.15, 0.2) is 29.5 Å². The molecule has 2 aromatic rings. The molecule has 0 bridgehead atoms. The zero-order chi connectivity index (χ0) is 16.5. The molecular weight excluding hydrogens is 295 g/mol. The van der Waals surface area contributed by atoms with E-state index in [0.29, 0.717) is 12.0 Å². The minimum Gasteiger partial charge on any atom is -0.333 e. The maximum atomic E-state index is 12.7. The third-order valence-corrected chi connectivity index (χ3v) is 3.34. The van der Waals surface area contributed by atoms with E-state index in [-0.39, 0.29) is 12.2 Å². The highest BCUT2D eigenvalue weighted by molar-refractivity contribution is 5.21. The van der Waals surface area contributed by atoms with Crippen molar-refractivity contribution in [1.29, 1.82) is 0 Å². The average Bonchev–Trinajstić information content (AvgIpc) is 2.78. The lowest BCUT2D eigenvalue weighted by Crippen LogP contribution is -2.26. The smallest absolute Gasteiger partial charge is 0.333 e. The SMILES string of the molecule is Cc1cc(C(F)(F)F)cc(=O)n1Cc1cncn1CC(C)C. The Labute approximate surface area is 126 Å². The normalized spacial score (nSPS) is 12.1. The summed E-state index contributed by atoms with van der Waals surface area (Å²) in [4.78, 5) is 16.1. The van der Waals surface area contributed by atoms with Gasteiger partial charge in [-0.05, 0) is 18.9 Å². The van der Waals surface area contributed by atoms with Crippen LogP contribution in [0.2, 0.25) is 0 Å². The first-order valence-electron chi connectivity index (χ1n) is 6.96. The summed E-state index contributed by atoms with van der Waals surface area (Å²) >= 11 is 0. The summed E-state index contributed by atoms with van der Waals surface area (Å²) in [5, 5.41) is 0. The molecule has 0 spiro atoms. The third kappa shape index (κ3) is 3.58. The van der Waals surface area contributed by atoms with E-state index in [9.17, 15) is 18.0 Å². The van der Waals surface area contributed by atoms with Crippen molar-refractivity contribution in [2.45, 2.75) is 40.0 Å². The minimum atomic E-state index is -4.51. The van der Waals surface area contributed by atoms with Gasteiger partial charge in [0.15, 0.2) is 0 Å². The van der Waals surface area contributed by atoms with E-state index in [4.69, 9.17) is 0 Å². The van der Waals surface area contributed by atoms with Crippen molar-refractivity contribution in [3.05, 3.63) is 52.0 Å². The van der Waals surface area contributed by atoms with Crippen molar-refractivity contribution in [2.75, 3.05) is 0 Å². The Morgan fingerprint density at radius 3 is 2.50 bits per heavy atom. The Balaban J connectivity index is 2.35. The molecule has 22 heavy (non-hydrogen) atoms. The van der Waals surface area contributed by atoms with Crippen LogP contribution in [0.1, 0.15) is 30.8 Å². The number of aromatic nitrogens is 3. The molecule has 0 fully saturated rings. The molecule has 2 aromatic heterocycles. The molecule has 0 amide bonds. The highest BCUT2D eigenvalue weighted by Crippen LogP contribution is 2.28.